The summed E-state index contributed by atoms with van der Waals surface area (Å²) in [5.41, 5.74) is 9.06. The van der Waals surface area contributed by atoms with Crippen molar-refractivity contribution in [1.29, 1.82) is 0 Å². The molecular weight excluding hydrogens is 194 g/mol. The number of nitrogens with one attached hydrogen (secondary N) is 1. The number of nitrogens with two attached hydrogens (primary N) is 1. The molecule has 1 aromatic heterocycles. The van der Waals surface area contributed by atoms with Gasteiger partial charge in [0.05, 0.1) is 5.56 Å². The molecule has 6 nitrogen and oxygen atoms in total. The summed E-state index contributed by atoms with van der Waals surface area (Å²) in [6.07, 6.45) is 2.77. The number of rotatable bonds is 2. The monoisotopic (exact) mass is 203 g/mol. The molecule has 0 spiro atoms. The second-order valence-electron chi connectivity index (χ2n) is 2.90. The Bertz CT molecular complexity index is 465. The third-order valence-electron chi connectivity index (χ3n) is 1.85. The van der Waals surface area contributed by atoms with Crippen LogP contribution >= 0.6 is 0 Å². The van der Waals surface area contributed by atoms with E-state index in [0.29, 0.717) is 11.3 Å². The maximum absolute atomic E-state index is 11.7. The highest BCUT2D eigenvalue weighted by molar-refractivity contribution is 6.03. The second kappa shape index (κ2) is 3.79. The van der Waals surface area contributed by atoms with Crippen molar-refractivity contribution < 1.29 is 4.79 Å². The lowest BCUT2D eigenvalue weighted by Gasteiger charge is -2.06. The number of anilines is 1. The number of nitrogen functional groups attached to an aromatic ring is 1. The summed E-state index contributed by atoms with van der Waals surface area (Å²) in [7, 11) is 0. The van der Waals surface area contributed by atoms with Crippen molar-refractivity contribution in [3.8, 4) is 0 Å². The Kier molecular flexibility index (Phi) is 2.32. The van der Waals surface area contributed by atoms with Crippen LogP contribution in [0.2, 0.25) is 0 Å². The summed E-state index contributed by atoms with van der Waals surface area (Å²) in [5.74, 6) is -0.298. The Morgan fingerprint density at radius 1 is 1.27 bits per heavy atom. The van der Waals surface area contributed by atoms with Crippen LogP contribution < -0.4 is 11.2 Å². The van der Waals surface area contributed by atoms with Gasteiger partial charge in [-0.1, -0.05) is 12.1 Å². The standard InChI is InChI=1S/C9H9N5O/c10-8-4-2-1-3-7(8)9(15)13-14-5-11-12-6-14/h1-6H,10H2,(H,13,15). The van der Waals surface area contributed by atoms with Crippen LogP contribution in [0.4, 0.5) is 5.69 Å². The van der Waals surface area contributed by atoms with Gasteiger partial charge in [0.2, 0.25) is 0 Å². The molecule has 0 radical (unpaired) electrons. The van der Waals surface area contributed by atoms with Crippen LogP contribution in [0.3, 0.4) is 0 Å². The molecule has 2 rings (SSSR count). The summed E-state index contributed by atoms with van der Waals surface area (Å²) >= 11 is 0. The SMILES string of the molecule is Nc1ccccc1C(=O)Nn1cnnc1. The van der Waals surface area contributed by atoms with E-state index in [0.717, 1.165) is 0 Å². The molecule has 6 heteroatoms. The van der Waals surface area contributed by atoms with E-state index >= 15 is 0 Å². The molecule has 2 aromatic rings. The van der Waals surface area contributed by atoms with E-state index in [4.69, 9.17) is 5.73 Å². The normalized spacial score (nSPS) is 9.87. The van der Waals surface area contributed by atoms with Gasteiger partial charge in [0, 0.05) is 5.69 Å². The third kappa shape index (κ3) is 1.93. The lowest BCUT2D eigenvalue weighted by Crippen LogP contribution is -2.22. The van der Waals surface area contributed by atoms with Crippen molar-refractivity contribution >= 4 is 11.6 Å². The highest BCUT2D eigenvalue weighted by Crippen LogP contribution is 2.10. The van der Waals surface area contributed by atoms with E-state index in [2.05, 4.69) is 15.6 Å². The van der Waals surface area contributed by atoms with E-state index < -0.39 is 0 Å². The zero-order valence-corrected chi connectivity index (χ0v) is 7.79. The highest BCUT2D eigenvalue weighted by atomic mass is 16.2. The zero-order chi connectivity index (χ0) is 10.7. The van der Waals surface area contributed by atoms with Crippen molar-refractivity contribution in [3.05, 3.63) is 42.5 Å². The Hall–Kier alpha value is -2.37. The van der Waals surface area contributed by atoms with E-state index in [9.17, 15) is 4.79 Å². The van der Waals surface area contributed by atoms with Gasteiger partial charge in [-0.25, -0.2) is 4.68 Å². The molecule has 0 aliphatic rings. The average Bonchev–Trinajstić information content (AvgIpc) is 2.71. The van der Waals surface area contributed by atoms with Crippen molar-refractivity contribution in [2.45, 2.75) is 0 Å². The minimum Gasteiger partial charge on any atom is -0.398 e. The van der Waals surface area contributed by atoms with Gasteiger partial charge in [-0.05, 0) is 12.1 Å². The number of nitrogens with zero attached hydrogens (tertiary/aromatic N) is 3. The van der Waals surface area contributed by atoms with Gasteiger partial charge in [-0.15, -0.1) is 10.2 Å². The Balaban J connectivity index is 2.19. The fraction of sp³-hybridized carbons (Fsp3) is 0. The van der Waals surface area contributed by atoms with Crippen molar-refractivity contribution in [3.63, 3.8) is 0 Å². The minimum absolute atomic E-state index is 0.298. The van der Waals surface area contributed by atoms with Gasteiger partial charge in [-0.3, -0.25) is 10.2 Å². The first-order chi connectivity index (χ1) is 7.27. The van der Waals surface area contributed by atoms with Gasteiger partial charge in [0.15, 0.2) is 0 Å². The number of carbonyl (C=O) groups excluding carboxylic acids is 1. The summed E-state index contributed by atoms with van der Waals surface area (Å²) < 4.78 is 1.36. The molecule has 0 saturated carbocycles. The molecule has 0 bridgehead atoms. The van der Waals surface area contributed by atoms with Gasteiger partial charge in [-0.2, -0.15) is 0 Å². The summed E-state index contributed by atoms with van der Waals surface area (Å²) in [4.78, 5) is 11.7. The first-order valence-electron chi connectivity index (χ1n) is 4.28. The zero-order valence-electron chi connectivity index (χ0n) is 7.79. The van der Waals surface area contributed by atoms with E-state index in [1.807, 2.05) is 0 Å². The molecule has 1 heterocycles. The number of hydrogen-bond donors (Lipinski definition) is 2. The highest BCUT2D eigenvalue weighted by Gasteiger charge is 2.08. The van der Waals surface area contributed by atoms with Gasteiger partial charge < -0.3 is 5.73 Å². The molecule has 0 unspecified atom stereocenters. The molecule has 0 aliphatic heterocycles. The van der Waals surface area contributed by atoms with Gasteiger partial charge in [0.25, 0.3) is 5.91 Å². The number of hydrogen-bond acceptors (Lipinski definition) is 4. The predicted molar refractivity (Wildman–Crippen MR) is 54.6 cm³/mol. The molecule has 0 aliphatic carbocycles. The molecule has 15 heavy (non-hydrogen) atoms. The van der Waals surface area contributed by atoms with Crippen LogP contribution in [0.25, 0.3) is 0 Å². The average molecular weight is 203 g/mol. The lowest BCUT2D eigenvalue weighted by molar-refractivity contribution is 0.101. The number of para-hydroxylation sites is 1. The molecule has 1 aromatic carbocycles. The second-order valence-corrected chi connectivity index (χ2v) is 2.90. The Morgan fingerprint density at radius 2 is 1.93 bits per heavy atom. The molecule has 0 saturated heterocycles. The smallest absolute Gasteiger partial charge is 0.272 e. The molecular formula is C9H9N5O. The van der Waals surface area contributed by atoms with E-state index in [-0.39, 0.29) is 5.91 Å². The summed E-state index contributed by atoms with van der Waals surface area (Å²) in [6.45, 7) is 0. The van der Waals surface area contributed by atoms with Crippen molar-refractivity contribution in [1.82, 2.24) is 14.9 Å². The summed E-state index contributed by atoms with van der Waals surface area (Å²) in [5, 5.41) is 7.12. The van der Waals surface area contributed by atoms with Crippen molar-refractivity contribution in [2.75, 3.05) is 11.2 Å². The van der Waals surface area contributed by atoms with Gasteiger partial charge in [0.1, 0.15) is 12.7 Å². The molecule has 3 N–H and O–H groups in total. The minimum atomic E-state index is -0.298. The lowest BCUT2D eigenvalue weighted by atomic mass is 10.2. The largest absolute Gasteiger partial charge is 0.398 e. The van der Waals surface area contributed by atoms with Crippen molar-refractivity contribution in [2.24, 2.45) is 0 Å². The van der Waals surface area contributed by atoms with Gasteiger partial charge >= 0.3 is 0 Å². The Labute approximate surface area is 85.7 Å². The molecule has 0 atom stereocenters. The van der Waals surface area contributed by atoms with E-state index in [1.54, 1.807) is 24.3 Å². The molecule has 1 amide bonds. The van der Waals surface area contributed by atoms with Crippen LogP contribution in [0, 0.1) is 0 Å². The maximum atomic E-state index is 11.7. The fourth-order valence-corrected chi connectivity index (χ4v) is 1.14. The fourth-order valence-electron chi connectivity index (χ4n) is 1.14. The Morgan fingerprint density at radius 3 is 2.60 bits per heavy atom. The van der Waals surface area contributed by atoms with Crippen LogP contribution in [0.1, 0.15) is 10.4 Å². The van der Waals surface area contributed by atoms with Crippen LogP contribution in [0.15, 0.2) is 36.9 Å². The predicted octanol–water partition coefficient (Wildman–Crippen LogP) is 0.244. The number of amides is 1. The number of carbonyl (C=O) groups is 1. The number of aromatic nitrogens is 3. The molecule has 0 fully saturated rings. The van der Waals surface area contributed by atoms with Crippen LogP contribution in [-0.4, -0.2) is 20.8 Å². The quantitative estimate of drug-likeness (QED) is 0.685. The molecule has 76 valence electrons. The number of benzene rings is 1. The maximum Gasteiger partial charge on any atom is 0.272 e. The topological polar surface area (TPSA) is 85.8 Å². The summed E-state index contributed by atoms with van der Waals surface area (Å²) in [6, 6.07) is 6.83. The van der Waals surface area contributed by atoms with Crippen LogP contribution in [-0.2, 0) is 0 Å². The first kappa shape index (κ1) is 9.20. The van der Waals surface area contributed by atoms with Crippen LogP contribution in [0.5, 0.6) is 0 Å². The third-order valence-corrected chi connectivity index (χ3v) is 1.85. The first-order valence-corrected chi connectivity index (χ1v) is 4.28. The van der Waals surface area contributed by atoms with E-state index in [1.165, 1.54) is 17.3 Å².